The van der Waals surface area contributed by atoms with Crippen LogP contribution >= 0.6 is 23.1 Å². The normalized spacial score (nSPS) is 19.2. The van der Waals surface area contributed by atoms with Gasteiger partial charge in [0.25, 0.3) is 0 Å². The minimum absolute atomic E-state index is 0.166. The summed E-state index contributed by atoms with van der Waals surface area (Å²) in [6, 6.07) is 15.2. The lowest BCUT2D eigenvalue weighted by molar-refractivity contribution is -0.138. The maximum absolute atomic E-state index is 14.0. The summed E-state index contributed by atoms with van der Waals surface area (Å²) in [6.45, 7) is -0.701. The fourth-order valence-electron chi connectivity index (χ4n) is 5.84. The summed E-state index contributed by atoms with van der Waals surface area (Å²) in [5, 5.41) is 1.19. The highest BCUT2D eigenvalue weighted by Gasteiger charge is 2.57. The fraction of sp³-hybridized carbons (Fsp3) is 0.250. The van der Waals surface area contributed by atoms with Crippen molar-refractivity contribution in [1.82, 2.24) is 4.57 Å². The molecule has 3 atom stereocenters. The zero-order chi connectivity index (χ0) is 34.7. The van der Waals surface area contributed by atoms with Gasteiger partial charge in [-0.2, -0.15) is 26.3 Å². The number of aromatic nitrogens is 1. The molecule has 2 aliphatic heterocycles. The molecule has 250 valence electrons. The Balaban J connectivity index is 1.41. The number of hydrogen-bond donors (Lipinski definition) is 1. The highest BCUT2D eigenvalue weighted by Crippen LogP contribution is 2.54. The van der Waals surface area contributed by atoms with Crippen LogP contribution in [0.15, 0.2) is 82.6 Å². The van der Waals surface area contributed by atoms with E-state index in [0.717, 1.165) is 62.5 Å². The number of para-hydroxylation sites is 1. The first-order valence-corrected chi connectivity index (χ1v) is 15.9. The molecule has 8 nitrogen and oxygen atoms in total. The van der Waals surface area contributed by atoms with E-state index in [1.165, 1.54) is 18.2 Å². The average Bonchev–Trinajstić information content (AvgIpc) is 3.46. The van der Waals surface area contributed by atoms with Gasteiger partial charge in [0.05, 0.1) is 33.4 Å². The molecule has 0 spiro atoms. The van der Waals surface area contributed by atoms with Gasteiger partial charge < -0.3 is 10.2 Å². The molecule has 48 heavy (non-hydrogen) atoms. The lowest BCUT2D eigenvalue weighted by atomic mass is 9.83. The van der Waals surface area contributed by atoms with Crippen LogP contribution in [-0.2, 0) is 33.3 Å². The van der Waals surface area contributed by atoms with Crippen LogP contribution in [0.5, 0.6) is 0 Å². The largest absolute Gasteiger partial charge is 0.418 e. The van der Waals surface area contributed by atoms with Crippen molar-refractivity contribution < 1.29 is 40.7 Å². The Kier molecular flexibility index (Phi) is 8.44. The van der Waals surface area contributed by atoms with E-state index in [2.05, 4.69) is 5.32 Å². The summed E-state index contributed by atoms with van der Waals surface area (Å²) in [7, 11) is 3.63. The summed E-state index contributed by atoms with van der Waals surface area (Å²) in [5.41, 5.74) is -1.55. The second kappa shape index (κ2) is 12.1. The van der Waals surface area contributed by atoms with E-state index in [1.54, 1.807) is 24.3 Å². The number of hydrogen-bond acceptors (Lipinski definition) is 7. The number of alkyl halides is 6. The molecule has 0 bridgehead atoms. The number of thiazole rings is 1. The fourth-order valence-corrected chi connectivity index (χ4v) is 8.62. The minimum Gasteiger partial charge on any atom is -0.378 e. The van der Waals surface area contributed by atoms with Crippen LogP contribution in [0.4, 0.5) is 43.4 Å². The van der Waals surface area contributed by atoms with Crippen molar-refractivity contribution in [3.63, 3.8) is 0 Å². The molecule has 2 aliphatic rings. The van der Waals surface area contributed by atoms with Gasteiger partial charge in [0.2, 0.25) is 17.7 Å². The van der Waals surface area contributed by atoms with Crippen LogP contribution < -0.4 is 20.0 Å². The smallest absolute Gasteiger partial charge is 0.378 e. The molecule has 0 saturated carbocycles. The lowest BCUT2D eigenvalue weighted by Crippen LogP contribution is -2.33. The van der Waals surface area contributed by atoms with Gasteiger partial charge in [-0.1, -0.05) is 53.4 Å². The number of benzene rings is 3. The number of rotatable bonds is 6. The van der Waals surface area contributed by atoms with Crippen molar-refractivity contribution in [1.29, 1.82) is 0 Å². The van der Waals surface area contributed by atoms with Crippen LogP contribution in [-0.4, -0.2) is 41.6 Å². The van der Waals surface area contributed by atoms with Crippen LogP contribution in [0, 0.1) is 5.92 Å². The number of nitrogens with one attached hydrogen (secondary N) is 1. The Labute approximate surface area is 277 Å². The van der Waals surface area contributed by atoms with E-state index in [9.17, 15) is 45.5 Å². The van der Waals surface area contributed by atoms with E-state index >= 15 is 0 Å². The summed E-state index contributed by atoms with van der Waals surface area (Å²) in [5.74, 6) is -4.51. The number of nitrogens with zero attached hydrogens (tertiary/aromatic N) is 3. The third-order valence-corrected chi connectivity index (χ3v) is 10.7. The zero-order valence-electron chi connectivity index (χ0n) is 24.9. The average molecular weight is 707 g/mol. The summed E-state index contributed by atoms with van der Waals surface area (Å²) in [6.07, 6.45) is -9.50. The number of thioether (sulfide) groups is 1. The molecule has 1 aromatic heterocycles. The number of anilines is 3. The number of fused-ring (bicyclic) bond motifs is 2. The van der Waals surface area contributed by atoms with Crippen LogP contribution in [0.2, 0.25) is 0 Å². The topological polar surface area (TPSA) is 91.7 Å². The molecular formula is C32H24F6N4O4S2. The zero-order valence-corrected chi connectivity index (χ0v) is 26.6. The summed E-state index contributed by atoms with van der Waals surface area (Å²) >= 11 is 1.55. The van der Waals surface area contributed by atoms with Gasteiger partial charge in [0.15, 0.2) is 0 Å². The number of halogens is 6. The third-order valence-electron chi connectivity index (χ3n) is 8.06. The van der Waals surface area contributed by atoms with Crippen LogP contribution in [0.3, 0.4) is 0 Å². The molecule has 0 radical (unpaired) electrons. The molecule has 3 heterocycles. The van der Waals surface area contributed by atoms with Crippen molar-refractivity contribution in [2.45, 2.75) is 35.1 Å². The van der Waals surface area contributed by atoms with Gasteiger partial charge in [-0.3, -0.25) is 23.7 Å². The quantitative estimate of drug-likeness (QED) is 0.183. The Morgan fingerprint density at radius 2 is 1.56 bits per heavy atom. The van der Waals surface area contributed by atoms with Crippen molar-refractivity contribution in [2.75, 3.05) is 29.2 Å². The lowest BCUT2D eigenvalue weighted by Gasteiger charge is -2.31. The standard InChI is InChI=1S/C32H24F6N4O4S2/c1-40(2)18-12-10-16(11-13-18)23-24-25(28(45)42(27(24)44)19-7-5-6-17(14-19)31(33,34)35)47-29-26(23)48-30(46)41(29)15-22(43)39-21-9-4-3-8-20(21)32(36,37)38/h3-14,23-25H,15H2,1-2H3,(H,39,43)/t23-,24?,25?/m1/s1. The minimum atomic E-state index is -4.76. The van der Waals surface area contributed by atoms with Crippen molar-refractivity contribution in [3.05, 3.63) is 104 Å². The van der Waals surface area contributed by atoms with Crippen LogP contribution in [0.25, 0.3) is 0 Å². The van der Waals surface area contributed by atoms with Crippen molar-refractivity contribution >= 4 is 57.9 Å². The Morgan fingerprint density at radius 3 is 2.21 bits per heavy atom. The summed E-state index contributed by atoms with van der Waals surface area (Å²) in [4.78, 5) is 56.6. The van der Waals surface area contributed by atoms with E-state index in [1.807, 2.05) is 19.0 Å². The second-order valence-corrected chi connectivity index (χ2v) is 13.4. The SMILES string of the molecule is CN(C)c1ccc([C@H]2c3sc(=O)n(CC(=O)Nc4ccccc4C(F)(F)F)c3SC3C(=O)N(c4cccc(C(F)(F)F)c4)C(=O)C32)cc1. The maximum atomic E-state index is 14.0. The summed E-state index contributed by atoms with van der Waals surface area (Å²) < 4.78 is 82.3. The molecule has 3 amide bonds. The highest BCUT2D eigenvalue weighted by atomic mass is 32.2. The highest BCUT2D eigenvalue weighted by molar-refractivity contribution is 8.00. The third kappa shape index (κ3) is 5.98. The van der Waals surface area contributed by atoms with Gasteiger partial charge in [0.1, 0.15) is 11.8 Å². The van der Waals surface area contributed by atoms with Gasteiger partial charge >= 0.3 is 17.2 Å². The molecule has 1 fully saturated rings. The van der Waals surface area contributed by atoms with E-state index in [-0.39, 0.29) is 10.7 Å². The Hall–Kier alpha value is -4.57. The predicted octanol–water partition coefficient (Wildman–Crippen LogP) is 6.45. The molecule has 3 aromatic carbocycles. The molecular weight excluding hydrogens is 682 g/mol. The van der Waals surface area contributed by atoms with E-state index in [0.29, 0.717) is 16.5 Å². The van der Waals surface area contributed by atoms with Gasteiger partial charge in [-0.25, -0.2) is 4.90 Å². The first-order valence-electron chi connectivity index (χ1n) is 14.2. The second-order valence-electron chi connectivity index (χ2n) is 11.3. The number of carbonyl (C=O) groups excluding carboxylic acids is 3. The monoisotopic (exact) mass is 706 g/mol. The predicted molar refractivity (Wildman–Crippen MR) is 168 cm³/mol. The molecule has 4 aromatic rings. The molecule has 0 aliphatic carbocycles. The van der Waals surface area contributed by atoms with Gasteiger partial charge in [-0.05, 0) is 48.0 Å². The van der Waals surface area contributed by atoms with E-state index in [4.69, 9.17) is 0 Å². The van der Waals surface area contributed by atoms with Crippen molar-refractivity contribution in [2.24, 2.45) is 5.92 Å². The molecule has 1 saturated heterocycles. The Morgan fingerprint density at radius 1 is 0.875 bits per heavy atom. The van der Waals surface area contributed by atoms with Gasteiger partial charge in [-0.15, -0.1) is 0 Å². The van der Waals surface area contributed by atoms with Crippen molar-refractivity contribution in [3.8, 4) is 0 Å². The van der Waals surface area contributed by atoms with E-state index < -0.39 is 75.4 Å². The first kappa shape index (κ1) is 33.3. The number of imide groups is 1. The van der Waals surface area contributed by atoms with Crippen LogP contribution in [0.1, 0.15) is 27.5 Å². The van der Waals surface area contributed by atoms with Gasteiger partial charge in [0, 0.05) is 30.6 Å². The molecule has 2 unspecified atom stereocenters. The maximum Gasteiger partial charge on any atom is 0.418 e. The number of amides is 3. The first-order chi connectivity index (χ1) is 22.6. The number of carbonyl (C=O) groups is 3. The molecule has 6 rings (SSSR count). The Bertz CT molecular complexity index is 1990. The molecule has 1 N–H and O–H groups in total. The molecule has 16 heteroatoms.